The highest BCUT2D eigenvalue weighted by atomic mass is 16.5. The normalized spacial score (nSPS) is 15.4. The number of nitrogens with one attached hydrogen (secondary N) is 2. The molecule has 1 fully saturated rings. The molecule has 1 aromatic carbocycles. The number of carbonyl (C=O) groups excluding carboxylic acids is 1. The third-order valence-electron chi connectivity index (χ3n) is 3.48. The molecule has 1 aliphatic rings. The van der Waals surface area contributed by atoms with Crippen molar-refractivity contribution in [1.29, 1.82) is 0 Å². The van der Waals surface area contributed by atoms with E-state index in [0.29, 0.717) is 26.2 Å². The van der Waals surface area contributed by atoms with Gasteiger partial charge in [-0.2, -0.15) is 0 Å². The largest absolute Gasteiger partial charge is 0.478 e. The second-order valence-electron chi connectivity index (χ2n) is 5.00. The van der Waals surface area contributed by atoms with Gasteiger partial charge in [-0.25, -0.2) is 9.59 Å². The monoisotopic (exact) mass is 292 g/mol. The molecule has 1 saturated heterocycles. The average molecular weight is 292 g/mol. The zero-order valence-corrected chi connectivity index (χ0v) is 11.8. The van der Waals surface area contributed by atoms with E-state index >= 15 is 0 Å². The summed E-state index contributed by atoms with van der Waals surface area (Å²) in [6.45, 7) is 1.76. The summed E-state index contributed by atoms with van der Waals surface area (Å²) in [5.41, 5.74) is 1.00. The number of hydrogen-bond acceptors (Lipinski definition) is 3. The molecule has 0 atom stereocenters. The van der Waals surface area contributed by atoms with Crippen molar-refractivity contribution in [3.05, 3.63) is 35.4 Å². The van der Waals surface area contributed by atoms with Crippen LogP contribution in [0.25, 0.3) is 0 Å². The van der Waals surface area contributed by atoms with Crippen molar-refractivity contribution in [2.75, 3.05) is 19.8 Å². The lowest BCUT2D eigenvalue weighted by atomic mass is 10.0. The van der Waals surface area contributed by atoms with Gasteiger partial charge >= 0.3 is 12.0 Å². The predicted molar refractivity (Wildman–Crippen MR) is 77.5 cm³/mol. The van der Waals surface area contributed by atoms with Gasteiger partial charge in [-0.05, 0) is 30.9 Å². The summed E-state index contributed by atoms with van der Waals surface area (Å²) in [5, 5.41) is 14.7. The zero-order chi connectivity index (χ0) is 15.1. The Morgan fingerprint density at radius 2 is 1.95 bits per heavy atom. The molecule has 0 aromatic heterocycles. The molecule has 1 aromatic rings. The first-order valence-electron chi connectivity index (χ1n) is 7.10. The van der Waals surface area contributed by atoms with Crippen molar-refractivity contribution in [3.63, 3.8) is 0 Å². The van der Waals surface area contributed by atoms with Crippen molar-refractivity contribution >= 4 is 12.0 Å². The van der Waals surface area contributed by atoms with Crippen molar-refractivity contribution in [3.8, 4) is 0 Å². The van der Waals surface area contributed by atoms with E-state index in [0.717, 1.165) is 18.4 Å². The quantitative estimate of drug-likeness (QED) is 0.765. The fourth-order valence-electron chi connectivity index (χ4n) is 2.34. The Labute approximate surface area is 123 Å². The average Bonchev–Trinajstić information content (AvgIpc) is 2.48. The molecular weight excluding hydrogens is 272 g/mol. The van der Waals surface area contributed by atoms with Crippen LogP contribution >= 0.6 is 0 Å². The summed E-state index contributed by atoms with van der Waals surface area (Å²) in [4.78, 5) is 22.8. The summed E-state index contributed by atoms with van der Waals surface area (Å²) in [5.74, 6) is -0.947. The second-order valence-corrected chi connectivity index (χ2v) is 5.00. The molecule has 2 amide bonds. The summed E-state index contributed by atoms with van der Waals surface area (Å²) in [6, 6.07) is 6.77. The van der Waals surface area contributed by atoms with Gasteiger partial charge in [0.1, 0.15) is 0 Å². The van der Waals surface area contributed by atoms with Crippen LogP contribution in [0.2, 0.25) is 0 Å². The highest BCUT2D eigenvalue weighted by Crippen LogP contribution is 2.09. The van der Waals surface area contributed by atoms with Crippen molar-refractivity contribution in [2.24, 2.45) is 0 Å². The van der Waals surface area contributed by atoms with Gasteiger partial charge in [0.2, 0.25) is 0 Å². The summed E-state index contributed by atoms with van der Waals surface area (Å²) in [7, 11) is 0. The lowest BCUT2D eigenvalue weighted by molar-refractivity contribution is 0.0695. The topological polar surface area (TPSA) is 87.7 Å². The number of ether oxygens (including phenoxy) is 1. The number of benzene rings is 1. The van der Waals surface area contributed by atoms with E-state index in [1.54, 1.807) is 24.3 Å². The Hall–Kier alpha value is -2.08. The van der Waals surface area contributed by atoms with Crippen LogP contribution in [0, 0.1) is 0 Å². The van der Waals surface area contributed by atoms with Crippen molar-refractivity contribution < 1.29 is 19.4 Å². The molecule has 6 nitrogen and oxygen atoms in total. The fourth-order valence-corrected chi connectivity index (χ4v) is 2.34. The Bertz CT molecular complexity index is 498. The van der Waals surface area contributed by atoms with E-state index in [1.165, 1.54) is 0 Å². The van der Waals surface area contributed by atoms with E-state index in [4.69, 9.17) is 9.84 Å². The van der Waals surface area contributed by atoms with Gasteiger partial charge in [-0.15, -0.1) is 0 Å². The highest BCUT2D eigenvalue weighted by molar-refractivity contribution is 5.89. The van der Waals surface area contributed by atoms with Crippen LogP contribution in [-0.4, -0.2) is 42.9 Å². The molecule has 0 saturated carbocycles. The van der Waals surface area contributed by atoms with Crippen LogP contribution in [0.15, 0.2) is 24.3 Å². The second kappa shape index (κ2) is 7.64. The Kier molecular flexibility index (Phi) is 5.57. The lowest BCUT2D eigenvalue weighted by Gasteiger charge is -2.23. The van der Waals surface area contributed by atoms with E-state index < -0.39 is 5.97 Å². The van der Waals surface area contributed by atoms with E-state index in [2.05, 4.69) is 10.6 Å². The minimum Gasteiger partial charge on any atom is -0.478 e. The number of hydrogen-bond donors (Lipinski definition) is 3. The van der Waals surface area contributed by atoms with Gasteiger partial charge in [0, 0.05) is 25.8 Å². The van der Waals surface area contributed by atoms with Gasteiger partial charge in [-0.1, -0.05) is 18.2 Å². The first-order chi connectivity index (χ1) is 10.2. The SMILES string of the molecule is O=C(NCCc1ccccc1C(=O)O)NC1CCOCC1. The van der Waals surface area contributed by atoms with Crippen LogP contribution in [-0.2, 0) is 11.2 Å². The zero-order valence-electron chi connectivity index (χ0n) is 11.8. The maximum atomic E-state index is 11.7. The van der Waals surface area contributed by atoms with Crippen LogP contribution in [0.4, 0.5) is 4.79 Å². The molecule has 114 valence electrons. The molecule has 0 bridgehead atoms. The molecule has 1 heterocycles. The highest BCUT2D eigenvalue weighted by Gasteiger charge is 2.15. The van der Waals surface area contributed by atoms with Crippen LogP contribution in [0.5, 0.6) is 0 Å². The smallest absolute Gasteiger partial charge is 0.335 e. The number of carboxylic acids is 1. The minimum atomic E-state index is -0.947. The molecule has 21 heavy (non-hydrogen) atoms. The summed E-state index contributed by atoms with van der Waals surface area (Å²) >= 11 is 0. The molecule has 0 unspecified atom stereocenters. The Morgan fingerprint density at radius 3 is 2.67 bits per heavy atom. The third kappa shape index (κ3) is 4.75. The van der Waals surface area contributed by atoms with E-state index in [-0.39, 0.29) is 17.6 Å². The first-order valence-corrected chi connectivity index (χ1v) is 7.10. The maximum absolute atomic E-state index is 11.7. The minimum absolute atomic E-state index is 0.157. The molecule has 6 heteroatoms. The fraction of sp³-hybridized carbons (Fsp3) is 0.467. The van der Waals surface area contributed by atoms with E-state index in [1.807, 2.05) is 0 Å². The third-order valence-corrected chi connectivity index (χ3v) is 3.48. The predicted octanol–water partition coefficient (Wildman–Crippen LogP) is 1.41. The number of aromatic carboxylic acids is 1. The van der Waals surface area contributed by atoms with Gasteiger partial charge in [0.15, 0.2) is 0 Å². The maximum Gasteiger partial charge on any atom is 0.335 e. The number of urea groups is 1. The van der Waals surface area contributed by atoms with Crippen LogP contribution < -0.4 is 10.6 Å². The summed E-state index contributed by atoms with van der Waals surface area (Å²) in [6.07, 6.45) is 2.15. The molecule has 1 aliphatic heterocycles. The van der Waals surface area contributed by atoms with Gasteiger partial charge in [0.25, 0.3) is 0 Å². The molecule has 2 rings (SSSR count). The van der Waals surface area contributed by atoms with Crippen molar-refractivity contribution in [2.45, 2.75) is 25.3 Å². The molecule has 0 aliphatic carbocycles. The first kappa shape index (κ1) is 15.3. The van der Waals surface area contributed by atoms with Gasteiger partial charge in [-0.3, -0.25) is 0 Å². The standard InChI is InChI=1S/C15H20N2O4/c18-14(19)13-4-2-1-3-11(13)5-8-16-15(20)17-12-6-9-21-10-7-12/h1-4,12H,5-10H2,(H,18,19)(H2,16,17,20). The van der Waals surface area contributed by atoms with Gasteiger partial charge in [0.05, 0.1) is 5.56 Å². The number of carboxylic acid groups (broad SMARTS) is 1. The van der Waals surface area contributed by atoms with Crippen LogP contribution in [0.1, 0.15) is 28.8 Å². The molecule has 3 N–H and O–H groups in total. The molecular formula is C15H20N2O4. The number of amides is 2. The lowest BCUT2D eigenvalue weighted by Crippen LogP contribution is -2.45. The van der Waals surface area contributed by atoms with Crippen molar-refractivity contribution in [1.82, 2.24) is 10.6 Å². The van der Waals surface area contributed by atoms with Gasteiger partial charge < -0.3 is 20.5 Å². The Morgan fingerprint density at radius 1 is 1.24 bits per heavy atom. The van der Waals surface area contributed by atoms with E-state index in [9.17, 15) is 9.59 Å². The number of rotatable bonds is 5. The molecule has 0 radical (unpaired) electrons. The Balaban J connectivity index is 1.76. The van der Waals surface area contributed by atoms with Crippen LogP contribution in [0.3, 0.4) is 0 Å². The molecule has 0 spiro atoms. The summed E-state index contributed by atoms with van der Waals surface area (Å²) < 4.78 is 5.23. The number of carbonyl (C=O) groups is 2.